The van der Waals surface area contributed by atoms with Gasteiger partial charge < -0.3 is 0 Å². The average Bonchev–Trinajstić information content (AvgIpc) is 2.96. The van der Waals surface area contributed by atoms with Crippen LogP contribution in [0.25, 0.3) is 37.2 Å². The standard InChI is InChI=1S/C20H12N2OS/c23-19-12-16(13-6-2-1-3-7-13)22-17-10-14-8-4-5-9-15(14)11-18(17)24-20(22)21-19/h1-12H. The predicted octanol–water partition coefficient (Wildman–Crippen LogP) is 4.73. The van der Waals surface area contributed by atoms with Crippen LogP contribution in [0.4, 0.5) is 0 Å². The summed E-state index contributed by atoms with van der Waals surface area (Å²) < 4.78 is 3.22. The van der Waals surface area contributed by atoms with E-state index in [0.29, 0.717) is 0 Å². The topological polar surface area (TPSA) is 34.4 Å². The largest absolute Gasteiger partial charge is 0.284 e. The third-order valence-corrected chi connectivity index (χ3v) is 5.24. The second kappa shape index (κ2) is 5.01. The van der Waals surface area contributed by atoms with Gasteiger partial charge in [0.25, 0.3) is 5.56 Å². The normalized spacial score (nSPS) is 11.5. The van der Waals surface area contributed by atoms with E-state index >= 15 is 0 Å². The van der Waals surface area contributed by atoms with Crippen LogP contribution in [0.5, 0.6) is 0 Å². The number of aromatic nitrogens is 2. The zero-order valence-electron chi connectivity index (χ0n) is 12.6. The highest BCUT2D eigenvalue weighted by Crippen LogP contribution is 2.32. The van der Waals surface area contributed by atoms with Crippen molar-refractivity contribution in [3.8, 4) is 11.3 Å². The van der Waals surface area contributed by atoms with Gasteiger partial charge in [-0.3, -0.25) is 9.20 Å². The van der Waals surface area contributed by atoms with Gasteiger partial charge in [-0.15, -0.1) is 0 Å². The fourth-order valence-electron chi connectivity index (χ4n) is 3.15. The molecular formula is C20H12N2OS. The molecule has 0 radical (unpaired) electrons. The highest BCUT2D eigenvalue weighted by atomic mass is 32.1. The Morgan fingerprint density at radius 3 is 2.33 bits per heavy atom. The molecule has 2 heterocycles. The number of nitrogens with zero attached hydrogens (tertiary/aromatic N) is 2. The molecule has 0 aliphatic rings. The molecule has 0 N–H and O–H groups in total. The number of hydrogen-bond donors (Lipinski definition) is 0. The Labute approximate surface area is 141 Å². The van der Waals surface area contributed by atoms with E-state index in [1.165, 1.54) is 10.8 Å². The summed E-state index contributed by atoms with van der Waals surface area (Å²) in [6.07, 6.45) is 0. The van der Waals surface area contributed by atoms with Crippen LogP contribution < -0.4 is 5.56 Å². The minimum Gasteiger partial charge on any atom is -0.284 e. The molecule has 2 aromatic heterocycles. The molecule has 3 aromatic carbocycles. The molecule has 0 bridgehead atoms. The molecule has 24 heavy (non-hydrogen) atoms. The van der Waals surface area contributed by atoms with Crippen molar-refractivity contribution in [3.63, 3.8) is 0 Å². The van der Waals surface area contributed by atoms with Crippen LogP contribution in [0.3, 0.4) is 0 Å². The summed E-state index contributed by atoms with van der Waals surface area (Å²) in [5.74, 6) is 0. The van der Waals surface area contributed by atoms with Crippen LogP contribution in [-0.4, -0.2) is 9.38 Å². The molecular weight excluding hydrogens is 316 g/mol. The number of thiazole rings is 1. The summed E-state index contributed by atoms with van der Waals surface area (Å²) in [4.78, 5) is 17.0. The van der Waals surface area contributed by atoms with E-state index in [-0.39, 0.29) is 5.56 Å². The molecule has 0 unspecified atom stereocenters. The van der Waals surface area contributed by atoms with Gasteiger partial charge in [-0.2, -0.15) is 4.98 Å². The maximum absolute atomic E-state index is 12.1. The molecule has 5 aromatic rings. The summed E-state index contributed by atoms with van der Waals surface area (Å²) in [5.41, 5.74) is 2.78. The molecule has 0 amide bonds. The summed E-state index contributed by atoms with van der Waals surface area (Å²) in [6, 6.07) is 24.2. The Balaban J connectivity index is 1.99. The van der Waals surface area contributed by atoms with Crippen molar-refractivity contribution < 1.29 is 0 Å². The summed E-state index contributed by atoms with van der Waals surface area (Å²) in [6.45, 7) is 0. The van der Waals surface area contributed by atoms with Gasteiger partial charge in [0.15, 0.2) is 4.96 Å². The third kappa shape index (κ3) is 1.97. The van der Waals surface area contributed by atoms with Crippen LogP contribution in [-0.2, 0) is 0 Å². The first-order valence-electron chi connectivity index (χ1n) is 7.70. The highest BCUT2D eigenvalue weighted by molar-refractivity contribution is 7.23. The van der Waals surface area contributed by atoms with Gasteiger partial charge in [-0.25, -0.2) is 0 Å². The van der Waals surface area contributed by atoms with Gasteiger partial charge in [-0.1, -0.05) is 65.9 Å². The van der Waals surface area contributed by atoms with Crippen LogP contribution in [0, 0.1) is 0 Å². The molecule has 0 aliphatic carbocycles. The molecule has 0 atom stereocenters. The first-order valence-corrected chi connectivity index (χ1v) is 8.52. The zero-order chi connectivity index (χ0) is 16.1. The van der Waals surface area contributed by atoms with Crippen molar-refractivity contribution in [1.29, 1.82) is 0 Å². The number of rotatable bonds is 1. The molecule has 4 heteroatoms. The van der Waals surface area contributed by atoms with Crippen molar-refractivity contribution in [3.05, 3.63) is 83.2 Å². The Morgan fingerprint density at radius 1 is 0.833 bits per heavy atom. The van der Waals surface area contributed by atoms with E-state index in [1.54, 1.807) is 17.4 Å². The smallest absolute Gasteiger partial charge is 0.274 e. The second-order valence-corrected chi connectivity index (χ2v) is 6.74. The van der Waals surface area contributed by atoms with Crippen molar-refractivity contribution >= 4 is 37.3 Å². The maximum Gasteiger partial charge on any atom is 0.274 e. The molecule has 0 aliphatic heterocycles. The van der Waals surface area contributed by atoms with Crippen molar-refractivity contribution in [1.82, 2.24) is 9.38 Å². The summed E-state index contributed by atoms with van der Waals surface area (Å²) in [7, 11) is 0. The first-order chi connectivity index (χ1) is 11.8. The molecule has 5 rings (SSSR count). The quantitative estimate of drug-likeness (QED) is 0.446. The molecule has 0 saturated carbocycles. The van der Waals surface area contributed by atoms with E-state index < -0.39 is 0 Å². The number of hydrogen-bond acceptors (Lipinski definition) is 3. The lowest BCUT2D eigenvalue weighted by molar-refractivity contribution is 1.15. The summed E-state index contributed by atoms with van der Waals surface area (Å²) >= 11 is 1.55. The van der Waals surface area contributed by atoms with E-state index in [4.69, 9.17) is 0 Å². The van der Waals surface area contributed by atoms with Crippen molar-refractivity contribution in [2.45, 2.75) is 0 Å². The lowest BCUT2D eigenvalue weighted by Crippen LogP contribution is -2.08. The van der Waals surface area contributed by atoms with Gasteiger partial charge >= 0.3 is 0 Å². The maximum atomic E-state index is 12.1. The van der Waals surface area contributed by atoms with E-state index in [0.717, 1.165) is 26.4 Å². The minimum absolute atomic E-state index is 0.204. The minimum atomic E-state index is -0.204. The van der Waals surface area contributed by atoms with E-state index in [1.807, 2.05) is 42.5 Å². The second-order valence-electron chi connectivity index (χ2n) is 5.73. The number of fused-ring (bicyclic) bond motifs is 4. The van der Waals surface area contributed by atoms with Crippen molar-refractivity contribution in [2.75, 3.05) is 0 Å². The van der Waals surface area contributed by atoms with Gasteiger partial charge in [-0.05, 0) is 28.5 Å². The number of benzene rings is 3. The Kier molecular flexibility index (Phi) is 2.81. The molecule has 0 spiro atoms. The molecule has 0 fully saturated rings. The highest BCUT2D eigenvalue weighted by Gasteiger charge is 2.12. The fourth-order valence-corrected chi connectivity index (χ4v) is 4.21. The third-order valence-electron chi connectivity index (χ3n) is 4.24. The van der Waals surface area contributed by atoms with Crippen LogP contribution >= 0.6 is 11.3 Å². The zero-order valence-corrected chi connectivity index (χ0v) is 13.5. The summed E-state index contributed by atoms with van der Waals surface area (Å²) in [5, 5.41) is 2.38. The van der Waals surface area contributed by atoms with E-state index in [2.05, 4.69) is 33.7 Å². The van der Waals surface area contributed by atoms with Crippen LogP contribution in [0.15, 0.2) is 77.6 Å². The molecule has 114 valence electrons. The lowest BCUT2D eigenvalue weighted by atomic mass is 10.1. The van der Waals surface area contributed by atoms with Gasteiger partial charge in [0.1, 0.15) is 0 Å². The van der Waals surface area contributed by atoms with E-state index in [9.17, 15) is 4.79 Å². The Bertz CT molecular complexity index is 1270. The van der Waals surface area contributed by atoms with Crippen LogP contribution in [0.2, 0.25) is 0 Å². The van der Waals surface area contributed by atoms with Gasteiger partial charge in [0.05, 0.1) is 15.9 Å². The lowest BCUT2D eigenvalue weighted by Gasteiger charge is -2.06. The fraction of sp³-hybridized carbons (Fsp3) is 0. The average molecular weight is 328 g/mol. The SMILES string of the molecule is O=c1cc(-c2ccccc2)n2c(n1)sc1cc3ccccc3cc12. The monoisotopic (exact) mass is 328 g/mol. The predicted molar refractivity (Wildman–Crippen MR) is 99.8 cm³/mol. The van der Waals surface area contributed by atoms with Crippen molar-refractivity contribution in [2.24, 2.45) is 0 Å². The van der Waals surface area contributed by atoms with Gasteiger partial charge in [0.2, 0.25) is 0 Å². The Morgan fingerprint density at radius 2 is 1.54 bits per heavy atom. The first kappa shape index (κ1) is 13.5. The Hall–Kier alpha value is -2.98. The van der Waals surface area contributed by atoms with Crippen LogP contribution in [0.1, 0.15) is 0 Å². The van der Waals surface area contributed by atoms with Gasteiger partial charge in [0, 0.05) is 6.07 Å². The molecule has 0 saturated heterocycles. The molecule has 3 nitrogen and oxygen atoms in total.